The first-order chi connectivity index (χ1) is 11.1. The maximum absolute atomic E-state index is 12.1. The van der Waals surface area contributed by atoms with Gasteiger partial charge in [-0.15, -0.1) is 0 Å². The molecule has 7 heteroatoms. The smallest absolute Gasteiger partial charge is 0.317 e. The predicted molar refractivity (Wildman–Crippen MR) is 81.6 cm³/mol. The Morgan fingerprint density at radius 3 is 2.57 bits per heavy atom. The number of nitrogens with zero attached hydrogens (tertiary/aromatic N) is 1. The number of carbonyl (C=O) groups excluding carboxylic acids is 1. The van der Waals surface area contributed by atoms with Gasteiger partial charge >= 0.3 is 12.0 Å². The molecule has 1 aromatic carbocycles. The number of hydrogen-bond donors (Lipinski definition) is 2. The Labute approximate surface area is 134 Å². The van der Waals surface area contributed by atoms with Gasteiger partial charge in [-0.1, -0.05) is 6.07 Å². The van der Waals surface area contributed by atoms with E-state index in [-0.39, 0.29) is 11.9 Å². The number of carboxylic acid groups (broad SMARTS) is 1. The molecule has 1 fully saturated rings. The molecule has 0 aliphatic carbocycles. The lowest BCUT2D eigenvalue weighted by Crippen LogP contribution is -2.45. The molecule has 2 aliphatic heterocycles. The summed E-state index contributed by atoms with van der Waals surface area (Å²) in [6.07, 6.45) is 1.01. The van der Waals surface area contributed by atoms with Crippen molar-refractivity contribution < 1.29 is 24.2 Å². The van der Waals surface area contributed by atoms with Crippen molar-refractivity contribution in [1.29, 1.82) is 0 Å². The van der Waals surface area contributed by atoms with E-state index in [2.05, 4.69) is 5.32 Å². The number of fused-ring (bicyclic) bond motifs is 1. The molecule has 124 valence electrons. The average Bonchev–Trinajstić information content (AvgIpc) is 2.59. The number of likely N-dealkylation sites (tertiary alicyclic amines) is 1. The Bertz CT molecular complexity index is 596. The molecule has 0 spiro atoms. The molecule has 0 atom stereocenters. The molecular formula is C16H20N2O5. The summed E-state index contributed by atoms with van der Waals surface area (Å²) in [5.41, 5.74) is 0.933. The van der Waals surface area contributed by atoms with E-state index in [0.29, 0.717) is 51.4 Å². The van der Waals surface area contributed by atoms with Crippen molar-refractivity contribution >= 4 is 12.0 Å². The van der Waals surface area contributed by atoms with E-state index in [9.17, 15) is 9.59 Å². The summed E-state index contributed by atoms with van der Waals surface area (Å²) >= 11 is 0. The lowest BCUT2D eigenvalue weighted by atomic mass is 9.97. The summed E-state index contributed by atoms with van der Waals surface area (Å²) in [6, 6.07) is 5.44. The number of nitrogens with one attached hydrogen (secondary N) is 1. The van der Waals surface area contributed by atoms with Crippen LogP contribution in [0.15, 0.2) is 18.2 Å². The SMILES string of the molecule is O=C(O)C1CCN(C(=O)NCc2ccc3c(c2)OCCO3)CC1. The van der Waals surface area contributed by atoms with Crippen LogP contribution in [0.5, 0.6) is 11.5 Å². The topological polar surface area (TPSA) is 88.1 Å². The van der Waals surface area contributed by atoms with Gasteiger partial charge in [-0.2, -0.15) is 0 Å². The van der Waals surface area contributed by atoms with Crippen molar-refractivity contribution in [3.05, 3.63) is 23.8 Å². The largest absolute Gasteiger partial charge is 0.486 e. The molecule has 0 bridgehead atoms. The fourth-order valence-corrected chi connectivity index (χ4v) is 2.82. The van der Waals surface area contributed by atoms with E-state index in [0.717, 1.165) is 11.3 Å². The van der Waals surface area contributed by atoms with Gasteiger partial charge in [0.15, 0.2) is 11.5 Å². The van der Waals surface area contributed by atoms with Gasteiger partial charge in [0.2, 0.25) is 0 Å². The van der Waals surface area contributed by atoms with E-state index in [1.54, 1.807) is 4.90 Å². The second-order valence-electron chi connectivity index (χ2n) is 5.74. The van der Waals surface area contributed by atoms with Crippen molar-refractivity contribution in [3.63, 3.8) is 0 Å². The fraction of sp³-hybridized carbons (Fsp3) is 0.500. The molecule has 2 heterocycles. The van der Waals surface area contributed by atoms with Crippen LogP contribution < -0.4 is 14.8 Å². The Morgan fingerprint density at radius 1 is 1.17 bits per heavy atom. The van der Waals surface area contributed by atoms with Gasteiger partial charge in [0.05, 0.1) is 5.92 Å². The van der Waals surface area contributed by atoms with Gasteiger partial charge in [-0.05, 0) is 30.5 Å². The standard InChI is InChI=1S/C16H20N2O5/c19-15(20)12-3-5-18(6-4-12)16(21)17-10-11-1-2-13-14(9-11)23-8-7-22-13/h1-2,9,12H,3-8,10H2,(H,17,21)(H,19,20). The van der Waals surface area contributed by atoms with Crippen LogP contribution in [0.25, 0.3) is 0 Å². The van der Waals surface area contributed by atoms with Crippen LogP contribution in [0.4, 0.5) is 4.79 Å². The summed E-state index contributed by atoms with van der Waals surface area (Å²) < 4.78 is 11.0. The van der Waals surface area contributed by atoms with Crippen LogP contribution in [0, 0.1) is 5.92 Å². The maximum atomic E-state index is 12.1. The number of piperidine rings is 1. The summed E-state index contributed by atoms with van der Waals surface area (Å²) in [4.78, 5) is 24.7. The Morgan fingerprint density at radius 2 is 1.87 bits per heavy atom. The molecule has 1 saturated heterocycles. The third kappa shape index (κ3) is 3.67. The maximum Gasteiger partial charge on any atom is 0.317 e. The number of urea groups is 1. The van der Waals surface area contributed by atoms with E-state index < -0.39 is 5.97 Å². The highest BCUT2D eigenvalue weighted by Gasteiger charge is 2.26. The van der Waals surface area contributed by atoms with Gasteiger partial charge < -0.3 is 24.8 Å². The Balaban J connectivity index is 1.50. The highest BCUT2D eigenvalue weighted by Crippen LogP contribution is 2.30. The van der Waals surface area contributed by atoms with Gasteiger partial charge in [0.25, 0.3) is 0 Å². The second-order valence-corrected chi connectivity index (χ2v) is 5.74. The lowest BCUT2D eigenvalue weighted by molar-refractivity contribution is -0.143. The quantitative estimate of drug-likeness (QED) is 0.880. The Hall–Kier alpha value is -2.44. The predicted octanol–water partition coefficient (Wildman–Crippen LogP) is 1.46. The first kappa shape index (κ1) is 15.5. The molecule has 0 unspecified atom stereocenters. The lowest BCUT2D eigenvalue weighted by Gasteiger charge is -2.30. The molecule has 2 aliphatic rings. The van der Waals surface area contributed by atoms with E-state index >= 15 is 0 Å². The van der Waals surface area contributed by atoms with Gasteiger partial charge in [0, 0.05) is 19.6 Å². The summed E-state index contributed by atoms with van der Waals surface area (Å²) in [6.45, 7) is 2.43. The number of benzene rings is 1. The highest BCUT2D eigenvalue weighted by atomic mass is 16.6. The summed E-state index contributed by atoms with van der Waals surface area (Å²) in [5.74, 6) is 0.311. The van der Waals surface area contributed by atoms with Crippen molar-refractivity contribution in [2.24, 2.45) is 5.92 Å². The zero-order valence-corrected chi connectivity index (χ0v) is 12.8. The van der Waals surface area contributed by atoms with Crippen LogP contribution in [0.2, 0.25) is 0 Å². The van der Waals surface area contributed by atoms with Crippen molar-refractivity contribution in [2.45, 2.75) is 19.4 Å². The molecule has 0 radical (unpaired) electrons. The highest BCUT2D eigenvalue weighted by molar-refractivity contribution is 5.75. The third-order valence-corrected chi connectivity index (χ3v) is 4.18. The monoisotopic (exact) mass is 320 g/mol. The second kappa shape index (κ2) is 6.76. The summed E-state index contributed by atoms with van der Waals surface area (Å²) in [7, 11) is 0. The molecule has 0 saturated carbocycles. The van der Waals surface area contributed by atoms with Gasteiger partial charge in [-0.3, -0.25) is 4.79 Å². The van der Waals surface area contributed by atoms with E-state index in [1.807, 2.05) is 18.2 Å². The van der Waals surface area contributed by atoms with Crippen molar-refractivity contribution in [1.82, 2.24) is 10.2 Å². The molecular weight excluding hydrogens is 300 g/mol. The fourth-order valence-electron chi connectivity index (χ4n) is 2.82. The molecule has 23 heavy (non-hydrogen) atoms. The molecule has 2 N–H and O–H groups in total. The summed E-state index contributed by atoms with van der Waals surface area (Å²) in [5, 5.41) is 11.8. The average molecular weight is 320 g/mol. The minimum absolute atomic E-state index is 0.163. The molecule has 2 amide bonds. The van der Waals surface area contributed by atoms with Crippen LogP contribution in [-0.4, -0.2) is 48.3 Å². The van der Waals surface area contributed by atoms with Crippen LogP contribution in [0.3, 0.4) is 0 Å². The number of ether oxygens (including phenoxy) is 2. The van der Waals surface area contributed by atoms with Crippen molar-refractivity contribution in [3.8, 4) is 11.5 Å². The molecule has 1 aromatic rings. The zero-order valence-electron chi connectivity index (χ0n) is 12.8. The minimum Gasteiger partial charge on any atom is -0.486 e. The number of carboxylic acids is 1. The zero-order chi connectivity index (χ0) is 16.2. The van der Waals surface area contributed by atoms with Gasteiger partial charge in [-0.25, -0.2) is 4.79 Å². The van der Waals surface area contributed by atoms with E-state index in [1.165, 1.54) is 0 Å². The third-order valence-electron chi connectivity index (χ3n) is 4.18. The van der Waals surface area contributed by atoms with Crippen LogP contribution in [-0.2, 0) is 11.3 Å². The van der Waals surface area contributed by atoms with Crippen LogP contribution >= 0.6 is 0 Å². The Kier molecular flexibility index (Phi) is 4.55. The minimum atomic E-state index is -0.777. The molecule has 7 nitrogen and oxygen atoms in total. The number of carbonyl (C=O) groups is 2. The number of hydrogen-bond acceptors (Lipinski definition) is 4. The number of rotatable bonds is 3. The number of amides is 2. The van der Waals surface area contributed by atoms with Crippen molar-refractivity contribution in [2.75, 3.05) is 26.3 Å². The van der Waals surface area contributed by atoms with Crippen LogP contribution in [0.1, 0.15) is 18.4 Å². The molecule has 0 aromatic heterocycles. The normalized spacial score (nSPS) is 17.7. The number of aliphatic carboxylic acids is 1. The first-order valence-corrected chi connectivity index (χ1v) is 7.77. The first-order valence-electron chi connectivity index (χ1n) is 7.77. The van der Waals surface area contributed by atoms with E-state index in [4.69, 9.17) is 14.6 Å². The molecule has 3 rings (SSSR count). The van der Waals surface area contributed by atoms with Gasteiger partial charge in [0.1, 0.15) is 13.2 Å².